The second-order valence-corrected chi connectivity index (χ2v) is 10.6. The molecule has 0 spiro atoms. The van der Waals surface area contributed by atoms with Crippen molar-refractivity contribution in [3.8, 4) is 16.9 Å². The van der Waals surface area contributed by atoms with Crippen LogP contribution in [0, 0.1) is 5.41 Å². The fourth-order valence-electron chi connectivity index (χ4n) is 4.69. The Morgan fingerprint density at radius 2 is 1.76 bits per heavy atom. The summed E-state index contributed by atoms with van der Waals surface area (Å²) in [7, 11) is 0. The number of benzene rings is 3. The van der Waals surface area contributed by atoms with Crippen molar-refractivity contribution >= 4 is 46.7 Å². The summed E-state index contributed by atoms with van der Waals surface area (Å²) in [6, 6.07) is 16.7. The van der Waals surface area contributed by atoms with E-state index >= 15 is 0 Å². The Labute approximate surface area is 247 Å². The van der Waals surface area contributed by atoms with E-state index in [1.807, 2.05) is 48.5 Å². The summed E-state index contributed by atoms with van der Waals surface area (Å²) in [5.74, 6) is -1.46. The van der Waals surface area contributed by atoms with Crippen LogP contribution in [0.3, 0.4) is 0 Å². The van der Waals surface area contributed by atoms with Gasteiger partial charge in [0.2, 0.25) is 0 Å². The van der Waals surface area contributed by atoms with Gasteiger partial charge in [0, 0.05) is 30.9 Å². The highest BCUT2D eigenvalue weighted by Crippen LogP contribution is 2.33. The Bertz CT molecular complexity index is 1440. The molecular formula is C30H30Cl2N4O5. The standard InChI is InChI=1S/C30H30Cl2N4O5/c31-22-14-19(18-4-2-1-3-5-18)15-23(32)28(22)29(38)36-25(30(39)40)8-7-20(37)16-35-24-10-11-41-26-9-6-17(12-21(24)26)13-27(33)34/h1-6,9,12,14-15,24-25,35H,7-8,10-11,13,16H2,(H3,33,34)(H,36,38)(H,39,40)/t24?,25-/m0/s1. The molecule has 11 heteroatoms. The van der Waals surface area contributed by atoms with Gasteiger partial charge in [-0.2, -0.15) is 0 Å². The normalized spacial score (nSPS) is 14.8. The molecule has 1 aliphatic heterocycles. The van der Waals surface area contributed by atoms with E-state index in [4.69, 9.17) is 39.1 Å². The summed E-state index contributed by atoms with van der Waals surface area (Å²) >= 11 is 12.7. The number of carboxylic acids is 1. The highest BCUT2D eigenvalue weighted by molar-refractivity contribution is 6.40. The van der Waals surface area contributed by atoms with Gasteiger partial charge in [0.15, 0.2) is 0 Å². The predicted molar refractivity (Wildman–Crippen MR) is 158 cm³/mol. The van der Waals surface area contributed by atoms with E-state index in [2.05, 4.69) is 10.6 Å². The first-order chi connectivity index (χ1) is 19.6. The molecule has 0 radical (unpaired) electrons. The Kier molecular flexibility index (Phi) is 9.99. The molecule has 1 unspecified atom stereocenters. The SMILES string of the molecule is N=C(N)Cc1ccc2c(c1)C(NCC(=O)CC[C@H](NC(=O)c1c(Cl)cc(-c3ccccc3)cc1Cl)C(=O)O)CCO2. The predicted octanol–water partition coefficient (Wildman–Crippen LogP) is 4.78. The average Bonchev–Trinajstić information content (AvgIpc) is 2.93. The van der Waals surface area contributed by atoms with Crippen molar-refractivity contribution in [1.82, 2.24) is 10.6 Å². The molecule has 2 atom stereocenters. The van der Waals surface area contributed by atoms with Gasteiger partial charge in [-0.25, -0.2) is 4.79 Å². The first-order valence-corrected chi connectivity index (χ1v) is 13.8. The van der Waals surface area contributed by atoms with Gasteiger partial charge in [-0.15, -0.1) is 0 Å². The van der Waals surface area contributed by atoms with Crippen molar-refractivity contribution in [2.24, 2.45) is 5.73 Å². The van der Waals surface area contributed by atoms with Crippen LogP contribution in [0.1, 0.15) is 46.8 Å². The minimum Gasteiger partial charge on any atom is -0.493 e. The number of rotatable bonds is 12. The fraction of sp³-hybridized carbons (Fsp3) is 0.267. The van der Waals surface area contributed by atoms with Gasteiger partial charge in [0.25, 0.3) is 5.91 Å². The molecule has 0 bridgehead atoms. The van der Waals surface area contributed by atoms with Gasteiger partial charge < -0.3 is 26.2 Å². The largest absolute Gasteiger partial charge is 0.493 e. The lowest BCUT2D eigenvalue weighted by atomic mass is 9.96. The number of Topliss-reactive ketones (excluding diaryl/α,β-unsaturated/α-hetero) is 1. The smallest absolute Gasteiger partial charge is 0.326 e. The number of carbonyl (C=O) groups excluding carboxylic acids is 2. The molecule has 0 saturated heterocycles. The maximum Gasteiger partial charge on any atom is 0.326 e. The molecule has 3 aromatic rings. The first-order valence-electron chi connectivity index (χ1n) is 13.0. The van der Waals surface area contributed by atoms with Crippen LogP contribution in [0.15, 0.2) is 60.7 Å². The third kappa shape index (κ3) is 7.85. The Balaban J connectivity index is 1.35. The van der Waals surface area contributed by atoms with Crippen molar-refractivity contribution < 1.29 is 24.2 Å². The Morgan fingerprint density at radius 1 is 1.05 bits per heavy atom. The van der Waals surface area contributed by atoms with Crippen LogP contribution in [0.5, 0.6) is 5.75 Å². The van der Waals surface area contributed by atoms with Crippen LogP contribution >= 0.6 is 23.2 Å². The number of aliphatic carboxylic acids is 1. The summed E-state index contributed by atoms with van der Waals surface area (Å²) in [6.07, 6.45) is 0.780. The van der Waals surface area contributed by atoms with E-state index in [9.17, 15) is 19.5 Å². The number of halogens is 2. The van der Waals surface area contributed by atoms with Crippen LogP contribution in [-0.4, -0.2) is 47.8 Å². The second kappa shape index (κ2) is 13.6. The maximum atomic E-state index is 13.0. The van der Waals surface area contributed by atoms with E-state index in [-0.39, 0.29) is 52.7 Å². The van der Waals surface area contributed by atoms with Crippen LogP contribution in [-0.2, 0) is 16.0 Å². The van der Waals surface area contributed by atoms with E-state index in [1.165, 1.54) is 0 Å². The number of amides is 1. The number of carbonyl (C=O) groups is 3. The lowest BCUT2D eigenvalue weighted by Crippen LogP contribution is -2.41. The van der Waals surface area contributed by atoms with Crippen LogP contribution in [0.25, 0.3) is 11.1 Å². The summed E-state index contributed by atoms with van der Waals surface area (Å²) in [5, 5.41) is 23.1. The minimum absolute atomic E-state index is 0.0138. The van der Waals surface area contributed by atoms with Crippen molar-refractivity contribution in [1.29, 1.82) is 5.41 Å². The molecule has 0 aliphatic carbocycles. The molecule has 4 rings (SSSR count). The molecule has 214 valence electrons. The molecule has 1 amide bonds. The third-order valence-electron chi connectivity index (χ3n) is 6.75. The Hall–Kier alpha value is -3.92. The number of hydrogen-bond acceptors (Lipinski definition) is 6. The van der Waals surface area contributed by atoms with E-state index < -0.39 is 17.9 Å². The molecule has 0 aromatic heterocycles. The highest BCUT2D eigenvalue weighted by atomic mass is 35.5. The number of fused-ring (bicyclic) bond motifs is 1. The monoisotopic (exact) mass is 596 g/mol. The highest BCUT2D eigenvalue weighted by Gasteiger charge is 2.26. The molecule has 1 aliphatic rings. The van der Waals surface area contributed by atoms with Crippen molar-refractivity contribution in [2.75, 3.05) is 13.2 Å². The molecule has 0 saturated carbocycles. The van der Waals surface area contributed by atoms with Crippen molar-refractivity contribution in [2.45, 2.75) is 37.8 Å². The number of amidine groups is 1. The molecular weight excluding hydrogens is 567 g/mol. The van der Waals surface area contributed by atoms with Crippen molar-refractivity contribution in [3.05, 3.63) is 87.4 Å². The van der Waals surface area contributed by atoms with Gasteiger partial charge in [-0.1, -0.05) is 65.7 Å². The minimum atomic E-state index is -1.31. The van der Waals surface area contributed by atoms with Gasteiger partial charge in [0.05, 0.1) is 34.6 Å². The van der Waals surface area contributed by atoms with E-state index in [1.54, 1.807) is 12.1 Å². The molecule has 0 fully saturated rings. The van der Waals surface area contributed by atoms with Gasteiger partial charge >= 0.3 is 5.97 Å². The summed E-state index contributed by atoms with van der Waals surface area (Å²) in [4.78, 5) is 37.5. The third-order valence-corrected chi connectivity index (χ3v) is 7.34. The molecule has 3 aromatic carbocycles. The van der Waals surface area contributed by atoms with Crippen LogP contribution < -0.4 is 21.1 Å². The second-order valence-electron chi connectivity index (χ2n) is 9.77. The lowest BCUT2D eigenvalue weighted by Gasteiger charge is -2.27. The first kappa shape index (κ1) is 30.0. The topological polar surface area (TPSA) is 155 Å². The quantitative estimate of drug-likeness (QED) is 0.149. The molecule has 9 nitrogen and oxygen atoms in total. The zero-order chi connectivity index (χ0) is 29.5. The molecule has 1 heterocycles. The van der Waals surface area contributed by atoms with E-state index in [0.717, 1.165) is 16.7 Å². The summed E-state index contributed by atoms with van der Waals surface area (Å²) in [6.45, 7) is 0.495. The number of ketones is 1. The number of nitrogens with one attached hydrogen (secondary N) is 3. The van der Waals surface area contributed by atoms with Crippen molar-refractivity contribution in [3.63, 3.8) is 0 Å². The van der Waals surface area contributed by atoms with Crippen LogP contribution in [0.2, 0.25) is 10.0 Å². The molecule has 41 heavy (non-hydrogen) atoms. The zero-order valence-electron chi connectivity index (χ0n) is 22.1. The summed E-state index contributed by atoms with van der Waals surface area (Å²) in [5.41, 5.74) is 8.82. The molecule has 6 N–H and O–H groups in total. The number of ether oxygens (including phenoxy) is 1. The van der Waals surface area contributed by atoms with Gasteiger partial charge in [0.1, 0.15) is 17.6 Å². The lowest BCUT2D eigenvalue weighted by molar-refractivity contribution is -0.139. The average molecular weight is 597 g/mol. The fourth-order valence-corrected chi connectivity index (χ4v) is 5.35. The number of hydrogen-bond donors (Lipinski definition) is 5. The Morgan fingerprint density at radius 3 is 2.41 bits per heavy atom. The maximum absolute atomic E-state index is 13.0. The van der Waals surface area contributed by atoms with Gasteiger partial charge in [-0.05, 0) is 41.3 Å². The summed E-state index contributed by atoms with van der Waals surface area (Å²) < 4.78 is 5.71. The van der Waals surface area contributed by atoms with Crippen LogP contribution in [0.4, 0.5) is 0 Å². The number of carboxylic acid groups (broad SMARTS) is 1. The van der Waals surface area contributed by atoms with E-state index in [0.29, 0.717) is 30.8 Å². The number of nitrogens with two attached hydrogens (primary N) is 1. The zero-order valence-corrected chi connectivity index (χ0v) is 23.6. The van der Waals surface area contributed by atoms with Gasteiger partial charge in [-0.3, -0.25) is 15.0 Å².